The van der Waals surface area contributed by atoms with E-state index in [9.17, 15) is 8.42 Å². The molecular formula is C18H29N7O2S. The number of imidazole rings is 1. The monoisotopic (exact) mass is 407 g/mol. The number of nitrogens with zero attached hydrogens (tertiary/aromatic N) is 6. The van der Waals surface area contributed by atoms with Gasteiger partial charge in [-0.2, -0.15) is 9.29 Å². The van der Waals surface area contributed by atoms with Gasteiger partial charge in [0, 0.05) is 63.6 Å². The molecule has 0 radical (unpaired) electrons. The summed E-state index contributed by atoms with van der Waals surface area (Å²) in [5.41, 5.74) is 0.880. The summed E-state index contributed by atoms with van der Waals surface area (Å²) in [5, 5.41) is 3.32. The van der Waals surface area contributed by atoms with Crippen molar-refractivity contribution in [2.24, 2.45) is 7.05 Å². The number of hydrogen-bond donors (Lipinski definition) is 1. The zero-order chi connectivity index (χ0) is 20.5. The zero-order valence-electron chi connectivity index (χ0n) is 17.2. The number of rotatable bonds is 6. The number of piperazine rings is 1. The van der Waals surface area contributed by atoms with Crippen LogP contribution >= 0.6 is 0 Å². The quantitative estimate of drug-likeness (QED) is 0.777. The molecule has 154 valence electrons. The molecule has 1 fully saturated rings. The lowest BCUT2D eigenvalue weighted by Crippen LogP contribution is -2.49. The molecule has 1 aliphatic heterocycles. The molecule has 0 bridgehead atoms. The Kier molecular flexibility index (Phi) is 5.90. The van der Waals surface area contributed by atoms with Crippen molar-refractivity contribution in [1.82, 2.24) is 23.8 Å². The molecule has 0 spiro atoms. The van der Waals surface area contributed by atoms with Gasteiger partial charge in [0.25, 0.3) is 10.0 Å². The normalized spacial score (nSPS) is 16.0. The van der Waals surface area contributed by atoms with Crippen LogP contribution < -0.4 is 10.2 Å². The Hall–Kier alpha value is -2.20. The Labute approximate surface area is 166 Å². The van der Waals surface area contributed by atoms with Gasteiger partial charge in [-0.05, 0) is 13.8 Å². The molecule has 0 amide bonds. The van der Waals surface area contributed by atoms with Gasteiger partial charge in [-0.1, -0.05) is 13.8 Å². The first-order valence-electron chi connectivity index (χ1n) is 9.60. The van der Waals surface area contributed by atoms with E-state index < -0.39 is 10.0 Å². The molecule has 2 aromatic rings. The summed E-state index contributed by atoms with van der Waals surface area (Å²) < 4.78 is 29.3. The number of anilines is 2. The molecule has 10 heteroatoms. The van der Waals surface area contributed by atoms with Crippen LogP contribution in [0.25, 0.3) is 0 Å². The minimum absolute atomic E-state index is 0.119. The van der Waals surface area contributed by atoms with Gasteiger partial charge in [0.05, 0.1) is 0 Å². The van der Waals surface area contributed by atoms with Crippen LogP contribution in [0, 0.1) is 6.92 Å². The van der Waals surface area contributed by atoms with E-state index in [4.69, 9.17) is 0 Å². The summed E-state index contributed by atoms with van der Waals surface area (Å²) in [4.78, 5) is 15.4. The molecule has 0 aromatic carbocycles. The van der Waals surface area contributed by atoms with Crippen molar-refractivity contribution in [2.45, 2.75) is 38.6 Å². The van der Waals surface area contributed by atoms with Gasteiger partial charge < -0.3 is 14.8 Å². The summed E-state index contributed by atoms with van der Waals surface area (Å²) in [6.07, 6.45) is 1.60. The van der Waals surface area contributed by atoms with Crippen molar-refractivity contribution in [3.63, 3.8) is 0 Å². The Morgan fingerprint density at radius 2 is 1.82 bits per heavy atom. The second-order valence-electron chi connectivity index (χ2n) is 7.32. The van der Waals surface area contributed by atoms with Crippen molar-refractivity contribution in [3.8, 4) is 0 Å². The van der Waals surface area contributed by atoms with Gasteiger partial charge in [-0.15, -0.1) is 0 Å². The summed E-state index contributed by atoms with van der Waals surface area (Å²) >= 11 is 0. The molecule has 1 saturated heterocycles. The van der Waals surface area contributed by atoms with Crippen LogP contribution in [0.2, 0.25) is 0 Å². The Balaban J connectivity index is 1.74. The lowest BCUT2D eigenvalue weighted by Gasteiger charge is -2.33. The number of nitrogens with one attached hydrogen (secondary N) is 1. The predicted octanol–water partition coefficient (Wildman–Crippen LogP) is 1.58. The smallest absolute Gasteiger partial charge is 0.262 e. The van der Waals surface area contributed by atoms with Crippen LogP contribution in [0.15, 0.2) is 17.3 Å². The molecule has 0 saturated carbocycles. The molecule has 0 atom stereocenters. The van der Waals surface area contributed by atoms with Crippen molar-refractivity contribution in [1.29, 1.82) is 0 Å². The molecule has 2 aromatic heterocycles. The third-order valence-electron chi connectivity index (χ3n) is 4.73. The number of aryl methyl sites for hydroxylation is 2. The highest BCUT2D eigenvalue weighted by atomic mass is 32.2. The van der Waals surface area contributed by atoms with Crippen LogP contribution in [-0.2, 0) is 17.1 Å². The number of sulfonamides is 1. The standard InChI is InChI=1S/C18H29N7O2S/c1-6-19-15-11-14(4)20-18(21-15)24-7-9-25(10-8-24)28(26,27)16-12-23(5)17(22-16)13(2)3/h11-13H,6-10H2,1-5H3,(H,19,20,21). The SMILES string of the molecule is CCNc1cc(C)nc(N2CCN(S(=O)(=O)c3cn(C)c(C(C)C)n3)CC2)n1. The van der Waals surface area contributed by atoms with E-state index in [2.05, 4.69) is 20.3 Å². The fourth-order valence-corrected chi connectivity index (χ4v) is 4.75. The van der Waals surface area contributed by atoms with E-state index in [1.807, 2.05) is 45.7 Å². The van der Waals surface area contributed by atoms with Gasteiger partial charge in [0.15, 0.2) is 5.03 Å². The van der Waals surface area contributed by atoms with Gasteiger partial charge in [0.2, 0.25) is 5.95 Å². The average Bonchev–Trinajstić information content (AvgIpc) is 3.04. The lowest BCUT2D eigenvalue weighted by molar-refractivity contribution is 0.381. The van der Waals surface area contributed by atoms with E-state index in [-0.39, 0.29) is 10.9 Å². The maximum Gasteiger partial charge on any atom is 0.262 e. The van der Waals surface area contributed by atoms with Crippen LogP contribution in [0.3, 0.4) is 0 Å². The Morgan fingerprint density at radius 3 is 2.39 bits per heavy atom. The Bertz CT molecular complexity index is 931. The molecule has 3 heterocycles. The number of aromatic nitrogens is 4. The predicted molar refractivity (Wildman–Crippen MR) is 109 cm³/mol. The first-order chi connectivity index (χ1) is 13.2. The topological polar surface area (TPSA) is 96.2 Å². The van der Waals surface area contributed by atoms with E-state index in [1.54, 1.807) is 10.8 Å². The van der Waals surface area contributed by atoms with Gasteiger partial charge in [-0.25, -0.2) is 18.4 Å². The first-order valence-corrected chi connectivity index (χ1v) is 11.0. The summed E-state index contributed by atoms with van der Waals surface area (Å²) in [6, 6.07) is 1.90. The second kappa shape index (κ2) is 8.04. The molecule has 3 rings (SSSR count). The minimum Gasteiger partial charge on any atom is -0.370 e. The maximum atomic E-state index is 13.0. The summed E-state index contributed by atoms with van der Waals surface area (Å²) in [6.45, 7) is 10.6. The molecule has 1 aliphatic rings. The van der Waals surface area contributed by atoms with E-state index in [1.165, 1.54) is 4.31 Å². The summed E-state index contributed by atoms with van der Waals surface area (Å²) in [5.74, 6) is 2.35. The average molecular weight is 408 g/mol. The van der Waals surface area contributed by atoms with Crippen LogP contribution in [-0.4, -0.2) is 65.0 Å². The first kappa shape index (κ1) is 20.5. The second-order valence-corrected chi connectivity index (χ2v) is 9.20. The van der Waals surface area contributed by atoms with Crippen LogP contribution in [0.5, 0.6) is 0 Å². The fourth-order valence-electron chi connectivity index (χ4n) is 3.34. The van der Waals surface area contributed by atoms with Crippen LogP contribution in [0.4, 0.5) is 11.8 Å². The fraction of sp³-hybridized carbons (Fsp3) is 0.611. The molecular weight excluding hydrogens is 378 g/mol. The minimum atomic E-state index is -3.61. The molecule has 28 heavy (non-hydrogen) atoms. The van der Waals surface area contributed by atoms with Crippen LogP contribution in [0.1, 0.15) is 38.2 Å². The van der Waals surface area contributed by atoms with Crippen molar-refractivity contribution in [2.75, 3.05) is 42.9 Å². The largest absolute Gasteiger partial charge is 0.370 e. The molecule has 9 nitrogen and oxygen atoms in total. The number of hydrogen-bond acceptors (Lipinski definition) is 7. The highest BCUT2D eigenvalue weighted by molar-refractivity contribution is 7.89. The molecule has 0 aliphatic carbocycles. The van der Waals surface area contributed by atoms with E-state index in [0.29, 0.717) is 32.1 Å². The summed E-state index contributed by atoms with van der Waals surface area (Å²) in [7, 11) is -1.78. The highest BCUT2D eigenvalue weighted by Crippen LogP contribution is 2.22. The maximum absolute atomic E-state index is 13.0. The van der Waals surface area contributed by atoms with E-state index in [0.717, 1.165) is 23.9 Å². The lowest BCUT2D eigenvalue weighted by atomic mass is 10.2. The van der Waals surface area contributed by atoms with Gasteiger partial charge in [0.1, 0.15) is 11.6 Å². The molecule has 1 N–H and O–H groups in total. The molecule has 0 unspecified atom stereocenters. The Morgan fingerprint density at radius 1 is 1.14 bits per heavy atom. The van der Waals surface area contributed by atoms with Crippen molar-refractivity contribution < 1.29 is 8.42 Å². The highest BCUT2D eigenvalue weighted by Gasteiger charge is 2.32. The third kappa shape index (κ3) is 4.12. The van der Waals surface area contributed by atoms with Gasteiger partial charge in [-0.3, -0.25) is 0 Å². The van der Waals surface area contributed by atoms with Crippen molar-refractivity contribution in [3.05, 3.63) is 23.8 Å². The van der Waals surface area contributed by atoms with E-state index >= 15 is 0 Å². The van der Waals surface area contributed by atoms with Crippen molar-refractivity contribution >= 4 is 21.8 Å². The third-order valence-corrected chi connectivity index (χ3v) is 6.50. The zero-order valence-corrected chi connectivity index (χ0v) is 18.0. The van der Waals surface area contributed by atoms with Gasteiger partial charge >= 0.3 is 0 Å².